The summed E-state index contributed by atoms with van der Waals surface area (Å²) in [6.07, 6.45) is 14.0. The summed E-state index contributed by atoms with van der Waals surface area (Å²) in [6, 6.07) is 4.28. The van der Waals surface area contributed by atoms with Gasteiger partial charge in [0.1, 0.15) is 0 Å². The number of hydrogen-bond acceptors (Lipinski definition) is 2. The zero-order valence-electron chi connectivity index (χ0n) is 13.3. The minimum atomic E-state index is 0.666. The van der Waals surface area contributed by atoms with E-state index in [4.69, 9.17) is 0 Å². The van der Waals surface area contributed by atoms with Crippen molar-refractivity contribution in [2.75, 3.05) is 0 Å². The zero-order valence-corrected chi connectivity index (χ0v) is 13.3. The molecule has 1 heterocycles. The predicted octanol–water partition coefficient (Wildman–Crippen LogP) is 5.42. The van der Waals surface area contributed by atoms with Gasteiger partial charge < -0.3 is 0 Å². The normalized spacial score (nSPS) is 22.9. The highest BCUT2D eigenvalue weighted by Gasteiger charge is 2.23. The van der Waals surface area contributed by atoms with Crippen molar-refractivity contribution in [2.45, 2.75) is 84.0 Å². The Balaban J connectivity index is 1.66. The molecule has 0 aromatic carbocycles. The lowest BCUT2D eigenvalue weighted by Gasteiger charge is -2.28. The van der Waals surface area contributed by atoms with Gasteiger partial charge in [-0.25, -0.2) is 0 Å². The van der Waals surface area contributed by atoms with E-state index in [2.05, 4.69) is 29.3 Å². The second kappa shape index (κ2) is 8.39. The number of aryl methyl sites for hydroxylation is 1. The second-order valence-corrected chi connectivity index (χ2v) is 6.52. The van der Waals surface area contributed by atoms with Crippen LogP contribution in [-0.4, -0.2) is 10.2 Å². The Morgan fingerprint density at radius 1 is 0.950 bits per heavy atom. The first-order chi connectivity index (χ1) is 9.79. The molecule has 0 bridgehead atoms. The molecule has 1 fully saturated rings. The molecule has 2 nitrogen and oxygen atoms in total. The largest absolute Gasteiger partial charge is 0.156 e. The molecule has 0 amide bonds. The van der Waals surface area contributed by atoms with E-state index in [0.29, 0.717) is 5.92 Å². The molecule has 0 spiro atoms. The molecule has 0 unspecified atom stereocenters. The summed E-state index contributed by atoms with van der Waals surface area (Å²) < 4.78 is 0. The van der Waals surface area contributed by atoms with Crippen LogP contribution in [0.2, 0.25) is 0 Å². The summed E-state index contributed by atoms with van der Waals surface area (Å²) >= 11 is 0. The van der Waals surface area contributed by atoms with Crippen LogP contribution in [0.5, 0.6) is 0 Å². The van der Waals surface area contributed by atoms with Crippen molar-refractivity contribution in [3.63, 3.8) is 0 Å². The van der Waals surface area contributed by atoms with Crippen LogP contribution in [0.25, 0.3) is 0 Å². The Labute approximate surface area is 124 Å². The highest BCUT2D eigenvalue weighted by atomic mass is 15.1. The standard InChI is InChI=1S/C18H30N2/c1-3-4-5-6-7-8-16-10-12-17(13-11-16)18-14-9-15(2)19-20-18/h9,14,16-17H,3-8,10-13H2,1-2H3/t16-,17-. The average Bonchev–Trinajstić information content (AvgIpc) is 2.49. The summed E-state index contributed by atoms with van der Waals surface area (Å²) in [5.41, 5.74) is 2.24. The number of aromatic nitrogens is 2. The third kappa shape index (κ3) is 4.88. The monoisotopic (exact) mass is 274 g/mol. The van der Waals surface area contributed by atoms with Crippen LogP contribution in [0.15, 0.2) is 12.1 Å². The fourth-order valence-corrected chi connectivity index (χ4v) is 3.41. The second-order valence-electron chi connectivity index (χ2n) is 6.52. The first kappa shape index (κ1) is 15.5. The smallest absolute Gasteiger partial charge is 0.0662 e. The van der Waals surface area contributed by atoms with E-state index in [9.17, 15) is 0 Å². The quantitative estimate of drug-likeness (QED) is 0.620. The Morgan fingerprint density at radius 3 is 2.35 bits per heavy atom. The molecule has 2 rings (SSSR count). The van der Waals surface area contributed by atoms with E-state index in [0.717, 1.165) is 11.6 Å². The predicted molar refractivity (Wildman–Crippen MR) is 84.8 cm³/mol. The van der Waals surface area contributed by atoms with Crippen molar-refractivity contribution in [2.24, 2.45) is 5.92 Å². The molecule has 20 heavy (non-hydrogen) atoms. The van der Waals surface area contributed by atoms with Crippen LogP contribution in [0, 0.1) is 12.8 Å². The summed E-state index contributed by atoms with van der Waals surface area (Å²) in [5.74, 6) is 1.64. The van der Waals surface area contributed by atoms with Crippen molar-refractivity contribution in [1.82, 2.24) is 10.2 Å². The van der Waals surface area contributed by atoms with Gasteiger partial charge in [0.25, 0.3) is 0 Å². The molecule has 1 aliphatic rings. The van der Waals surface area contributed by atoms with E-state index in [-0.39, 0.29) is 0 Å². The van der Waals surface area contributed by atoms with Gasteiger partial charge in [0.05, 0.1) is 11.4 Å². The van der Waals surface area contributed by atoms with Crippen molar-refractivity contribution in [1.29, 1.82) is 0 Å². The molecule has 0 N–H and O–H groups in total. The van der Waals surface area contributed by atoms with E-state index in [1.165, 1.54) is 69.9 Å². The van der Waals surface area contributed by atoms with E-state index >= 15 is 0 Å². The molecule has 0 aliphatic heterocycles. The van der Waals surface area contributed by atoms with Gasteiger partial charge in [-0.05, 0) is 50.7 Å². The molecule has 1 aliphatic carbocycles. The highest BCUT2D eigenvalue weighted by Crippen LogP contribution is 2.36. The molecule has 112 valence electrons. The minimum Gasteiger partial charge on any atom is -0.156 e. The van der Waals surface area contributed by atoms with E-state index in [1.54, 1.807) is 0 Å². The lowest BCUT2D eigenvalue weighted by Crippen LogP contribution is -2.14. The SMILES string of the molecule is CCCCCCC[C@H]1CC[C@H](c2ccc(C)nn2)CC1. The van der Waals surface area contributed by atoms with Crippen LogP contribution in [-0.2, 0) is 0 Å². The van der Waals surface area contributed by atoms with Gasteiger partial charge >= 0.3 is 0 Å². The first-order valence-electron chi connectivity index (χ1n) is 8.59. The number of unbranched alkanes of at least 4 members (excludes halogenated alkanes) is 4. The van der Waals surface area contributed by atoms with Crippen molar-refractivity contribution in [3.05, 3.63) is 23.5 Å². The molecule has 1 saturated carbocycles. The van der Waals surface area contributed by atoms with E-state index in [1.807, 2.05) is 6.92 Å². The molecule has 2 heteroatoms. The minimum absolute atomic E-state index is 0.666. The maximum absolute atomic E-state index is 4.37. The van der Waals surface area contributed by atoms with Crippen LogP contribution in [0.3, 0.4) is 0 Å². The Bertz CT molecular complexity index is 364. The molecule has 0 atom stereocenters. The Kier molecular flexibility index (Phi) is 6.49. The van der Waals surface area contributed by atoms with Gasteiger partial charge in [-0.1, -0.05) is 45.4 Å². The van der Waals surface area contributed by atoms with Crippen LogP contribution < -0.4 is 0 Å². The lowest BCUT2D eigenvalue weighted by atomic mass is 9.78. The third-order valence-corrected chi connectivity index (χ3v) is 4.80. The fourth-order valence-electron chi connectivity index (χ4n) is 3.41. The van der Waals surface area contributed by atoms with Crippen molar-refractivity contribution in [3.8, 4) is 0 Å². The van der Waals surface area contributed by atoms with Crippen LogP contribution in [0.4, 0.5) is 0 Å². The molecular formula is C18H30N2. The maximum Gasteiger partial charge on any atom is 0.0662 e. The summed E-state index contributed by atoms with van der Waals surface area (Å²) in [6.45, 7) is 4.29. The first-order valence-corrected chi connectivity index (χ1v) is 8.59. The number of rotatable bonds is 7. The zero-order chi connectivity index (χ0) is 14.2. The summed E-state index contributed by atoms with van der Waals surface area (Å²) in [4.78, 5) is 0. The average molecular weight is 274 g/mol. The van der Waals surface area contributed by atoms with E-state index < -0.39 is 0 Å². The van der Waals surface area contributed by atoms with Crippen molar-refractivity contribution >= 4 is 0 Å². The number of nitrogens with zero attached hydrogens (tertiary/aromatic N) is 2. The van der Waals surface area contributed by atoms with Crippen molar-refractivity contribution < 1.29 is 0 Å². The molecular weight excluding hydrogens is 244 g/mol. The van der Waals surface area contributed by atoms with Gasteiger partial charge in [-0.15, -0.1) is 0 Å². The lowest BCUT2D eigenvalue weighted by molar-refractivity contribution is 0.298. The maximum atomic E-state index is 4.37. The van der Waals surface area contributed by atoms with Gasteiger partial charge in [0.2, 0.25) is 0 Å². The molecule has 1 aromatic rings. The summed E-state index contributed by atoms with van der Waals surface area (Å²) in [7, 11) is 0. The van der Waals surface area contributed by atoms with Crippen LogP contribution in [0.1, 0.15) is 88.4 Å². The van der Waals surface area contributed by atoms with Gasteiger partial charge in [0.15, 0.2) is 0 Å². The topological polar surface area (TPSA) is 25.8 Å². The molecule has 1 aromatic heterocycles. The fraction of sp³-hybridized carbons (Fsp3) is 0.778. The van der Waals surface area contributed by atoms with Gasteiger partial charge in [0, 0.05) is 5.92 Å². The highest BCUT2D eigenvalue weighted by molar-refractivity contribution is 5.10. The molecule has 0 saturated heterocycles. The van der Waals surface area contributed by atoms with Gasteiger partial charge in [-0.3, -0.25) is 0 Å². The molecule has 0 radical (unpaired) electrons. The summed E-state index contributed by atoms with van der Waals surface area (Å²) in [5, 5.41) is 8.57. The number of hydrogen-bond donors (Lipinski definition) is 0. The Hall–Kier alpha value is -0.920. The van der Waals surface area contributed by atoms with Crippen LogP contribution >= 0.6 is 0 Å². The van der Waals surface area contributed by atoms with Gasteiger partial charge in [-0.2, -0.15) is 10.2 Å². The third-order valence-electron chi connectivity index (χ3n) is 4.80. The Morgan fingerprint density at radius 2 is 1.70 bits per heavy atom.